The predicted molar refractivity (Wildman–Crippen MR) is 106 cm³/mol. The van der Waals surface area contributed by atoms with Crippen LogP contribution >= 0.6 is 22.9 Å². The maximum absolute atomic E-state index is 13.1. The van der Waals surface area contributed by atoms with Crippen LogP contribution in [-0.4, -0.2) is 35.5 Å². The van der Waals surface area contributed by atoms with Crippen molar-refractivity contribution in [2.45, 2.75) is 56.0 Å². The van der Waals surface area contributed by atoms with Gasteiger partial charge in [-0.1, -0.05) is 17.7 Å². The molecule has 5 fully saturated rings. The van der Waals surface area contributed by atoms with Crippen LogP contribution in [0.5, 0.6) is 0 Å². The molecule has 1 N–H and O–H groups in total. The third kappa shape index (κ3) is 2.25. The zero-order chi connectivity index (χ0) is 17.5. The van der Waals surface area contributed by atoms with Gasteiger partial charge in [-0.2, -0.15) is 0 Å². The summed E-state index contributed by atoms with van der Waals surface area (Å²) in [7, 11) is 0. The van der Waals surface area contributed by atoms with Gasteiger partial charge < -0.3 is 5.32 Å². The number of nitrogens with one attached hydrogen (secondary N) is 1. The smallest absolute Gasteiger partial charge is 0.261 e. The minimum Gasteiger partial charge on any atom is -0.346 e. The maximum Gasteiger partial charge on any atom is 0.261 e. The van der Waals surface area contributed by atoms with Crippen LogP contribution < -0.4 is 5.32 Å². The van der Waals surface area contributed by atoms with Crippen LogP contribution in [0.1, 0.15) is 59.7 Å². The predicted octanol–water partition coefficient (Wildman–Crippen LogP) is 4.79. The highest BCUT2D eigenvalue weighted by atomic mass is 35.5. The first-order valence-electron chi connectivity index (χ1n) is 9.93. The third-order valence-corrected chi connectivity index (χ3v) is 8.66. The Bertz CT molecular complexity index is 906. The van der Waals surface area contributed by atoms with Crippen molar-refractivity contribution in [1.82, 2.24) is 10.2 Å². The summed E-state index contributed by atoms with van der Waals surface area (Å²) in [4.78, 5) is 16.6. The second-order valence-electron chi connectivity index (χ2n) is 8.64. The number of halogens is 1. The van der Waals surface area contributed by atoms with E-state index in [0.29, 0.717) is 17.9 Å². The average Bonchev–Trinajstić information content (AvgIpc) is 3.57. The summed E-state index contributed by atoms with van der Waals surface area (Å²) < 4.78 is 1.22. The van der Waals surface area contributed by atoms with Crippen LogP contribution in [0.15, 0.2) is 18.2 Å². The fraction of sp³-hybridized carbons (Fsp3) is 0.571. The summed E-state index contributed by atoms with van der Waals surface area (Å²) in [5.41, 5.74) is 1.56. The Labute approximate surface area is 162 Å². The van der Waals surface area contributed by atoms with Gasteiger partial charge in [0.25, 0.3) is 5.91 Å². The lowest BCUT2D eigenvalue weighted by Crippen LogP contribution is -2.65. The number of hydrogen-bond acceptors (Lipinski definition) is 3. The Morgan fingerprint density at radius 2 is 1.96 bits per heavy atom. The van der Waals surface area contributed by atoms with E-state index in [1.165, 1.54) is 67.3 Å². The Hall–Kier alpha value is -1.10. The van der Waals surface area contributed by atoms with Crippen LogP contribution in [0.2, 0.25) is 5.02 Å². The number of rotatable bonds is 3. The molecule has 5 heteroatoms. The van der Waals surface area contributed by atoms with Crippen molar-refractivity contribution >= 4 is 38.9 Å². The van der Waals surface area contributed by atoms with Gasteiger partial charge in [0.1, 0.15) is 0 Å². The molecule has 136 valence electrons. The summed E-state index contributed by atoms with van der Waals surface area (Å²) >= 11 is 8.11. The number of amides is 1. The van der Waals surface area contributed by atoms with E-state index < -0.39 is 0 Å². The molecule has 3 saturated heterocycles. The first-order valence-corrected chi connectivity index (χ1v) is 11.1. The van der Waals surface area contributed by atoms with Gasteiger partial charge in [0.2, 0.25) is 0 Å². The minimum atomic E-state index is 0.120. The van der Waals surface area contributed by atoms with E-state index in [2.05, 4.69) is 22.3 Å². The molecule has 1 spiro atoms. The number of fused-ring (bicyclic) bond motifs is 3. The lowest BCUT2D eigenvalue weighted by Gasteiger charge is -2.52. The monoisotopic (exact) mass is 386 g/mol. The Balaban J connectivity index is 1.32. The molecule has 4 heterocycles. The Morgan fingerprint density at radius 3 is 2.65 bits per heavy atom. The van der Waals surface area contributed by atoms with E-state index in [9.17, 15) is 4.79 Å². The van der Waals surface area contributed by atoms with Gasteiger partial charge in [-0.05, 0) is 86.5 Å². The van der Waals surface area contributed by atoms with Crippen LogP contribution in [0, 0.1) is 5.92 Å². The average molecular weight is 387 g/mol. The molecule has 7 rings (SSSR count). The molecular weight excluding hydrogens is 364 g/mol. The quantitative estimate of drug-likeness (QED) is 0.822. The van der Waals surface area contributed by atoms with Gasteiger partial charge >= 0.3 is 0 Å². The van der Waals surface area contributed by atoms with Crippen LogP contribution in [0.25, 0.3) is 10.1 Å². The highest BCUT2D eigenvalue weighted by Crippen LogP contribution is 2.54. The molecule has 2 aliphatic carbocycles. The van der Waals surface area contributed by atoms with E-state index in [4.69, 9.17) is 11.6 Å². The molecule has 1 aromatic heterocycles. The molecule has 1 atom stereocenters. The lowest BCUT2D eigenvalue weighted by molar-refractivity contribution is -0.00138. The molecular formula is C21H23ClN2OS. The van der Waals surface area contributed by atoms with Crippen molar-refractivity contribution in [2.24, 2.45) is 5.92 Å². The molecule has 2 aromatic rings. The number of benzene rings is 1. The molecule has 0 radical (unpaired) electrons. The fourth-order valence-corrected chi connectivity index (χ4v) is 7.05. The highest BCUT2D eigenvalue weighted by Gasteiger charge is 2.60. The lowest BCUT2D eigenvalue weighted by atomic mass is 9.77. The zero-order valence-electron chi connectivity index (χ0n) is 14.8. The van der Waals surface area contributed by atoms with E-state index in [0.717, 1.165) is 9.90 Å². The summed E-state index contributed by atoms with van der Waals surface area (Å²) in [6.45, 7) is 2.45. The van der Waals surface area contributed by atoms with Crippen molar-refractivity contribution in [3.8, 4) is 0 Å². The minimum absolute atomic E-state index is 0.120. The fourth-order valence-electron chi connectivity index (χ4n) is 5.50. The first-order chi connectivity index (χ1) is 12.7. The number of carbonyl (C=O) groups is 1. The van der Waals surface area contributed by atoms with Crippen molar-refractivity contribution < 1.29 is 4.79 Å². The molecule has 1 amide bonds. The number of hydrogen-bond donors (Lipinski definition) is 1. The summed E-state index contributed by atoms with van der Waals surface area (Å²) in [5, 5.41) is 5.49. The number of nitrogens with zero attached hydrogens (tertiary/aromatic N) is 1. The summed E-state index contributed by atoms with van der Waals surface area (Å²) in [6.07, 6.45) is 7.42. The van der Waals surface area contributed by atoms with Gasteiger partial charge in [-0.15, -0.1) is 11.3 Å². The Kier molecular flexibility index (Phi) is 3.34. The van der Waals surface area contributed by atoms with Gasteiger partial charge in [0.05, 0.1) is 10.9 Å². The van der Waals surface area contributed by atoms with Gasteiger partial charge in [0, 0.05) is 15.3 Å². The molecule has 2 bridgehead atoms. The number of thiophene rings is 1. The third-order valence-electron chi connectivity index (χ3n) is 7.15. The standard InChI is InChI=1S/C21H23ClN2OS/c22-15-4-3-14-11-16(26-18(14)17(15)12-1-2-12)20(25)23-19-13-5-9-24(10-6-13)21(19)7-8-21/h3-4,11-13,19H,1-2,5-10H2,(H,23,25). The number of carbonyl (C=O) groups excluding carboxylic acids is 1. The Morgan fingerprint density at radius 1 is 1.19 bits per heavy atom. The highest BCUT2D eigenvalue weighted by molar-refractivity contribution is 7.21. The molecule has 26 heavy (non-hydrogen) atoms. The van der Waals surface area contributed by atoms with Gasteiger partial charge in [0.15, 0.2) is 0 Å². The topological polar surface area (TPSA) is 32.3 Å². The largest absolute Gasteiger partial charge is 0.346 e. The van der Waals surface area contributed by atoms with E-state index in [1.54, 1.807) is 11.3 Å². The van der Waals surface area contributed by atoms with Crippen molar-refractivity contribution in [3.63, 3.8) is 0 Å². The molecule has 3 nitrogen and oxygen atoms in total. The van der Waals surface area contributed by atoms with Crippen LogP contribution in [0.4, 0.5) is 0 Å². The summed E-state index contributed by atoms with van der Waals surface area (Å²) in [5.74, 6) is 1.38. The summed E-state index contributed by atoms with van der Waals surface area (Å²) in [6, 6.07) is 6.47. The molecule has 1 aromatic carbocycles. The second-order valence-corrected chi connectivity index (χ2v) is 10.1. The van der Waals surface area contributed by atoms with Crippen molar-refractivity contribution in [3.05, 3.63) is 33.7 Å². The molecule has 2 saturated carbocycles. The normalized spacial score (nSPS) is 31.5. The molecule has 1 unspecified atom stereocenters. The van der Waals surface area contributed by atoms with Crippen LogP contribution in [0.3, 0.4) is 0 Å². The van der Waals surface area contributed by atoms with Crippen molar-refractivity contribution in [1.29, 1.82) is 0 Å². The van der Waals surface area contributed by atoms with E-state index >= 15 is 0 Å². The molecule has 3 aliphatic heterocycles. The zero-order valence-corrected chi connectivity index (χ0v) is 16.3. The SMILES string of the molecule is O=C(NC1C2CCN(CC2)C12CC2)c1cc2ccc(Cl)c(C3CC3)c2s1. The number of piperidine rings is 3. The van der Waals surface area contributed by atoms with E-state index in [-0.39, 0.29) is 11.4 Å². The van der Waals surface area contributed by atoms with Crippen molar-refractivity contribution in [2.75, 3.05) is 13.1 Å². The second kappa shape index (κ2) is 5.46. The molecule has 5 aliphatic rings. The van der Waals surface area contributed by atoms with Gasteiger partial charge in [-0.25, -0.2) is 0 Å². The van der Waals surface area contributed by atoms with Gasteiger partial charge in [-0.3, -0.25) is 9.69 Å². The maximum atomic E-state index is 13.1. The van der Waals surface area contributed by atoms with Crippen LogP contribution in [-0.2, 0) is 0 Å². The van der Waals surface area contributed by atoms with E-state index in [1.807, 2.05) is 6.07 Å². The first kappa shape index (κ1) is 15.9.